The van der Waals surface area contributed by atoms with Crippen molar-refractivity contribution in [1.29, 1.82) is 0 Å². The number of carbonyl (C=O) groups excluding carboxylic acids is 1. The largest absolute Gasteiger partial charge is 0.354 e. The smallest absolute Gasteiger partial charge is 0.241 e. The van der Waals surface area contributed by atoms with Crippen LogP contribution in [0.4, 0.5) is 0 Å². The molecule has 22 heavy (non-hydrogen) atoms. The zero-order valence-corrected chi connectivity index (χ0v) is 13.5. The molecule has 0 spiro atoms. The molecule has 0 unspecified atom stereocenters. The van der Waals surface area contributed by atoms with Crippen molar-refractivity contribution in [2.24, 2.45) is 0 Å². The van der Waals surface area contributed by atoms with Crippen molar-refractivity contribution in [3.8, 4) is 10.6 Å². The summed E-state index contributed by atoms with van der Waals surface area (Å²) in [7, 11) is 0. The second-order valence-electron chi connectivity index (χ2n) is 4.63. The fraction of sp³-hybridized carbons (Fsp3) is 0.308. The lowest BCUT2D eigenvalue weighted by atomic mass is 10.3. The number of amides is 1. The monoisotopic (exact) mass is 334 g/mol. The van der Waals surface area contributed by atoms with E-state index in [9.17, 15) is 4.79 Å². The molecule has 0 radical (unpaired) electrons. The summed E-state index contributed by atoms with van der Waals surface area (Å²) in [4.78, 5) is 18.6. The summed E-state index contributed by atoms with van der Waals surface area (Å²) in [6.45, 7) is 2.74. The number of nitrogens with one attached hydrogen (secondary N) is 1. The van der Waals surface area contributed by atoms with Crippen molar-refractivity contribution < 1.29 is 4.79 Å². The molecule has 0 fully saturated rings. The SMILES string of the molecule is Cc1nc(-c2ccc(CCNC(=O)Cn3cnnn3)s2)cs1. The second-order valence-corrected chi connectivity index (χ2v) is 6.86. The number of aromatic nitrogens is 5. The minimum absolute atomic E-state index is 0.0980. The van der Waals surface area contributed by atoms with E-state index < -0.39 is 0 Å². The van der Waals surface area contributed by atoms with Gasteiger partial charge in [-0.3, -0.25) is 4.79 Å². The number of rotatable bonds is 6. The first-order valence-corrected chi connectivity index (χ1v) is 8.39. The lowest BCUT2D eigenvalue weighted by molar-refractivity contribution is -0.121. The van der Waals surface area contributed by atoms with Gasteiger partial charge in [0, 0.05) is 16.8 Å². The number of nitrogens with zero attached hydrogens (tertiary/aromatic N) is 5. The van der Waals surface area contributed by atoms with Gasteiger partial charge in [-0.2, -0.15) is 0 Å². The number of aryl methyl sites for hydroxylation is 1. The fourth-order valence-electron chi connectivity index (χ4n) is 1.91. The summed E-state index contributed by atoms with van der Waals surface area (Å²) in [6, 6.07) is 4.17. The molecule has 7 nitrogen and oxygen atoms in total. The number of thiazole rings is 1. The molecule has 114 valence electrons. The van der Waals surface area contributed by atoms with Crippen LogP contribution in [0.25, 0.3) is 10.6 Å². The molecule has 0 aliphatic heterocycles. The van der Waals surface area contributed by atoms with E-state index >= 15 is 0 Å². The van der Waals surface area contributed by atoms with Gasteiger partial charge in [0.25, 0.3) is 0 Å². The van der Waals surface area contributed by atoms with Gasteiger partial charge in [-0.25, -0.2) is 9.67 Å². The Hall–Kier alpha value is -2.13. The lowest BCUT2D eigenvalue weighted by Gasteiger charge is -2.03. The van der Waals surface area contributed by atoms with Gasteiger partial charge in [0.05, 0.1) is 15.6 Å². The molecule has 3 aromatic rings. The van der Waals surface area contributed by atoms with Gasteiger partial charge in [0.1, 0.15) is 12.9 Å². The minimum atomic E-state index is -0.0980. The highest BCUT2D eigenvalue weighted by atomic mass is 32.1. The van der Waals surface area contributed by atoms with Crippen molar-refractivity contribution in [3.05, 3.63) is 33.7 Å². The summed E-state index contributed by atoms with van der Waals surface area (Å²) in [5.41, 5.74) is 1.03. The maximum absolute atomic E-state index is 11.7. The molecule has 3 rings (SSSR count). The maximum Gasteiger partial charge on any atom is 0.241 e. The standard InChI is InChI=1S/C13H14N6OS2/c1-9-16-11(7-21-9)12-3-2-10(22-12)4-5-14-13(20)6-19-8-15-17-18-19/h2-3,7-8H,4-6H2,1H3,(H,14,20). The molecule has 0 saturated carbocycles. The molecule has 9 heteroatoms. The van der Waals surface area contributed by atoms with Crippen molar-refractivity contribution in [1.82, 2.24) is 30.5 Å². The molecular formula is C13H14N6OS2. The Morgan fingerprint density at radius 1 is 1.41 bits per heavy atom. The fourth-order valence-corrected chi connectivity index (χ4v) is 3.56. The summed E-state index contributed by atoms with van der Waals surface area (Å²) >= 11 is 3.36. The lowest BCUT2D eigenvalue weighted by Crippen LogP contribution is -2.29. The first kappa shape index (κ1) is 14.8. The topological polar surface area (TPSA) is 85.6 Å². The molecule has 0 aliphatic carbocycles. The van der Waals surface area contributed by atoms with Crippen LogP contribution in [-0.4, -0.2) is 37.6 Å². The number of thiophene rings is 1. The molecule has 0 saturated heterocycles. The van der Waals surface area contributed by atoms with E-state index in [1.165, 1.54) is 20.8 Å². The molecule has 0 aliphatic rings. The van der Waals surface area contributed by atoms with Crippen LogP contribution in [0.2, 0.25) is 0 Å². The predicted octanol–water partition coefficient (Wildman–Crippen LogP) is 1.53. The first-order valence-electron chi connectivity index (χ1n) is 6.69. The molecule has 3 aromatic heterocycles. The zero-order chi connectivity index (χ0) is 15.4. The second kappa shape index (κ2) is 6.75. The minimum Gasteiger partial charge on any atom is -0.354 e. The Labute approximate surface area is 135 Å². The average molecular weight is 334 g/mol. The average Bonchev–Trinajstić information content (AvgIpc) is 3.20. The molecular weight excluding hydrogens is 320 g/mol. The van der Waals surface area contributed by atoms with Crippen LogP contribution in [-0.2, 0) is 17.8 Å². The quantitative estimate of drug-likeness (QED) is 0.739. The van der Waals surface area contributed by atoms with Crippen LogP contribution in [0.1, 0.15) is 9.88 Å². The van der Waals surface area contributed by atoms with Crippen LogP contribution < -0.4 is 5.32 Å². The van der Waals surface area contributed by atoms with Crippen LogP contribution in [0, 0.1) is 6.92 Å². The zero-order valence-electron chi connectivity index (χ0n) is 11.9. The Bertz CT molecular complexity index is 748. The van der Waals surface area contributed by atoms with Crippen LogP contribution >= 0.6 is 22.7 Å². The van der Waals surface area contributed by atoms with Crippen molar-refractivity contribution >= 4 is 28.6 Å². The van der Waals surface area contributed by atoms with Gasteiger partial charge in [0.15, 0.2) is 0 Å². The van der Waals surface area contributed by atoms with E-state index in [1.807, 2.05) is 6.92 Å². The van der Waals surface area contributed by atoms with Crippen molar-refractivity contribution in [2.75, 3.05) is 6.54 Å². The Morgan fingerprint density at radius 3 is 3.05 bits per heavy atom. The highest BCUT2D eigenvalue weighted by molar-refractivity contribution is 7.16. The first-order chi connectivity index (χ1) is 10.7. The van der Waals surface area contributed by atoms with Gasteiger partial charge < -0.3 is 5.32 Å². The third-order valence-corrected chi connectivity index (χ3v) is 4.86. The van der Waals surface area contributed by atoms with Crippen LogP contribution in [0.15, 0.2) is 23.8 Å². The van der Waals surface area contributed by atoms with E-state index in [2.05, 4.69) is 43.3 Å². The summed E-state index contributed by atoms with van der Waals surface area (Å²) in [5, 5.41) is 16.6. The number of hydrogen-bond acceptors (Lipinski definition) is 7. The number of hydrogen-bond donors (Lipinski definition) is 1. The normalized spacial score (nSPS) is 10.8. The van der Waals surface area contributed by atoms with Gasteiger partial charge >= 0.3 is 0 Å². The van der Waals surface area contributed by atoms with E-state index in [0.717, 1.165) is 17.1 Å². The molecule has 3 heterocycles. The molecule has 1 N–H and O–H groups in total. The molecule has 0 bridgehead atoms. The Balaban J connectivity index is 1.48. The van der Waals surface area contributed by atoms with E-state index in [0.29, 0.717) is 6.54 Å². The van der Waals surface area contributed by atoms with E-state index in [-0.39, 0.29) is 12.5 Å². The van der Waals surface area contributed by atoms with Gasteiger partial charge in [-0.05, 0) is 35.9 Å². The summed E-state index contributed by atoms with van der Waals surface area (Å²) in [5.74, 6) is -0.0980. The van der Waals surface area contributed by atoms with Gasteiger partial charge in [-0.1, -0.05) is 0 Å². The molecule has 0 atom stereocenters. The predicted molar refractivity (Wildman–Crippen MR) is 84.7 cm³/mol. The van der Waals surface area contributed by atoms with Crippen LogP contribution in [0.3, 0.4) is 0 Å². The Morgan fingerprint density at radius 2 is 2.32 bits per heavy atom. The van der Waals surface area contributed by atoms with Crippen LogP contribution in [0.5, 0.6) is 0 Å². The van der Waals surface area contributed by atoms with E-state index in [4.69, 9.17) is 0 Å². The summed E-state index contributed by atoms with van der Waals surface area (Å²) < 4.78 is 1.39. The maximum atomic E-state index is 11.7. The van der Waals surface area contributed by atoms with E-state index in [1.54, 1.807) is 22.7 Å². The van der Waals surface area contributed by atoms with Crippen molar-refractivity contribution in [2.45, 2.75) is 19.9 Å². The number of carbonyl (C=O) groups is 1. The highest BCUT2D eigenvalue weighted by Gasteiger charge is 2.07. The van der Waals surface area contributed by atoms with Gasteiger partial charge in [-0.15, -0.1) is 27.8 Å². The highest BCUT2D eigenvalue weighted by Crippen LogP contribution is 2.29. The number of tetrazole rings is 1. The molecule has 1 amide bonds. The third kappa shape index (κ3) is 3.74. The Kier molecular flexibility index (Phi) is 4.54. The molecule has 0 aromatic carbocycles. The summed E-state index contributed by atoms with van der Waals surface area (Å²) in [6.07, 6.45) is 2.22. The van der Waals surface area contributed by atoms with Gasteiger partial charge in [0.2, 0.25) is 5.91 Å². The third-order valence-electron chi connectivity index (χ3n) is 2.92. The van der Waals surface area contributed by atoms with Crippen molar-refractivity contribution in [3.63, 3.8) is 0 Å².